The molecule has 4 nitrogen and oxygen atoms in total. The third-order valence-corrected chi connectivity index (χ3v) is 6.06. The molecule has 0 unspecified atom stereocenters. The molecule has 2 aromatic carbocycles. The first-order valence-corrected chi connectivity index (χ1v) is 9.91. The average molecular weight is 404 g/mol. The minimum absolute atomic E-state index is 0.274. The molecule has 0 N–H and O–H groups in total. The van der Waals surface area contributed by atoms with Crippen LogP contribution in [-0.2, 0) is 6.42 Å². The summed E-state index contributed by atoms with van der Waals surface area (Å²) in [6.45, 7) is 0. The van der Waals surface area contributed by atoms with Gasteiger partial charge in [-0.2, -0.15) is 0 Å². The van der Waals surface area contributed by atoms with E-state index in [0.29, 0.717) is 41.6 Å². The summed E-state index contributed by atoms with van der Waals surface area (Å²) in [5.74, 6) is -2.67. The van der Waals surface area contributed by atoms with Crippen LogP contribution in [0.1, 0.15) is 62.3 Å². The van der Waals surface area contributed by atoms with Crippen molar-refractivity contribution >= 4 is 11.8 Å². The van der Waals surface area contributed by atoms with Crippen molar-refractivity contribution in [2.45, 2.75) is 31.2 Å². The zero-order valence-corrected chi connectivity index (χ0v) is 16.0. The highest BCUT2D eigenvalue weighted by atomic mass is 19.2. The van der Waals surface area contributed by atoms with E-state index in [0.717, 1.165) is 11.6 Å². The predicted octanol–water partition coefficient (Wildman–Crippen LogP) is 4.82. The number of carbonyl (C=O) groups is 2. The molecule has 30 heavy (non-hydrogen) atoms. The van der Waals surface area contributed by atoms with Crippen LogP contribution >= 0.6 is 0 Å². The number of nitrogens with zero attached hydrogens (tertiary/aromatic N) is 2. The van der Waals surface area contributed by atoms with Gasteiger partial charge in [-0.3, -0.25) is 19.5 Å². The standard InChI is InChI=1S/C24H18F2N2O2/c25-19-9-3-8-16(21(19)26)14-10-11-20(22-15(13-14)5-4-12-27-22)28-23(29)17-6-1-2-7-18(17)24(28)30/h1-9,12,14,20H,10-11,13H2/t14-,20-/m1/s1. The van der Waals surface area contributed by atoms with Gasteiger partial charge in [-0.05, 0) is 60.6 Å². The van der Waals surface area contributed by atoms with Gasteiger partial charge in [0.05, 0.1) is 22.9 Å². The van der Waals surface area contributed by atoms with Crippen LogP contribution < -0.4 is 0 Å². The smallest absolute Gasteiger partial charge is 0.262 e. The number of carbonyl (C=O) groups excluding carboxylic acids is 2. The maximum atomic E-state index is 14.5. The third kappa shape index (κ3) is 2.83. The van der Waals surface area contributed by atoms with E-state index < -0.39 is 17.7 Å². The van der Waals surface area contributed by atoms with Gasteiger partial charge in [-0.15, -0.1) is 0 Å². The van der Waals surface area contributed by atoms with Crippen molar-refractivity contribution in [2.24, 2.45) is 0 Å². The summed E-state index contributed by atoms with van der Waals surface area (Å²) in [4.78, 5) is 31.9. The molecule has 0 saturated heterocycles. The van der Waals surface area contributed by atoms with E-state index in [2.05, 4.69) is 4.98 Å². The molecule has 1 aliphatic heterocycles. The summed E-state index contributed by atoms with van der Waals surface area (Å²) in [5, 5.41) is 0. The largest absolute Gasteiger partial charge is 0.269 e. The Kier molecular flexibility index (Phi) is 4.42. The molecule has 0 saturated carbocycles. The number of benzene rings is 2. The lowest BCUT2D eigenvalue weighted by molar-refractivity contribution is 0.0569. The van der Waals surface area contributed by atoms with Crippen molar-refractivity contribution < 1.29 is 18.4 Å². The molecule has 0 fully saturated rings. The monoisotopic (exact) mass is 404 g/mol. The van der Waals surface area contributed by atoms with Gasteiger partial charge in [-0.25, -0.2) is 8.78 Å². The summed E-state index contributed by atoms with van der Waals surface area (Å²) >= 11 is 0. The molecule has 0 radical (unpaired) electrons. The van der Waals surface area contributed by atoms with E-state index in [1.165, 1.54) is 11.0 Å². The summed E-state index contributed by atoms with van der Waals surface area (Å²) < 4.78 is 28.3. The highest BCUT2D eigenvalue weighted by molar-refractivity contribution is 6.21. The maximum Gasteiger partial charge on any atom is 0.262 e. The second-order valence-corrected chi connectivity index (χ2v) is 7.71. The molecule has 5 rings (SSSR count). The number of aromatic nitrogens is 1. The van der Waals surface area contributed by atoms with Crippen LogP contribution in [0.3, 0.4) is 0 Å². The number of halogens is 2. The Hall–Kier alpha value is -3.41. The molecule has 3 aromatic rings. The molecule has 0 bridgehead atoms. The van der Waals surface area contributed by atoms with Crippen molar-refractivity contribution in [3.05, 3.63) is 100 Å². The van der Waals surface area contributed by atoms with Crippen LogP contribution in [0, 0.1) is 11.6 Å². The Balaban J connectivity index is 1.56. The number of hydrogen-bond donors (Lipinski definition) is 0. The van der Waals surface area contributed by atoms with Crippen LogP contribution in [0.2, 0.25) is 0 Å². The number of amides is 2. The van der Waals surface area contributed by atoms with Crippen LogP contribution in [0.5, 0.6) is 0 Å². The van der Waals surface area contributed by atoms with Crippen LogP contribution in [0.15, 0.2) is 60.8 Å². The van der Waals surface area contributed by atoms with E-state index >= 15 is 0 Å². The first-order chi connectivity index (χ1) is 14.6. The summed E-state index contributed by atoms with van der Waals surface area (Å²) in [6.07, 6.45) is 3.02. The van der Waals surface area contributed by atoms with Crippen LogP contribution in [0.4, 0.5) is 8.78 Å². The van der Waals surface area contributed by atoms with Gasteiger partial charge in [0.1, 0.15) is 0 Å². The highest BCUT2D eigenvalue weighted by Gasteiger charge is 2.42. The Labute approximate surface area is 172 Å². The molecule has 0 spiro atoms. The van der Waals surface area contributed by atoms with Crippen molar-refractivity contribution in [1.29, 1.82) is 0 Å². The first kappa shape index (κ1) is 18.6. The minimum Gasteiger partial charge on any atom is -0.269 e. The molecule has 1 aliphatic carbocycles. The zero-order valence-electron chi connectivity index (χ0n) is 16.0. The molecule has 6 heteroatoms. The summed E-state index contributed by atoms with van der Waals surface area (Å²) in [7, 11) is 0. The highest BCUT2D eigenvalue weighted by Crippen LogP contribution is 2.41. The Morgan fingerprint density at radius 3 is 2.33 bits per heavy atom. The minimum atomic E-state index is -0.875. The Bertz CT molecular complexity index is 1140. The normalized spacial score (nSPS) is 20.7. The van der Waals surface area contributed by atoms with E-state index in [9.17, 15) is 18.4 Å². The fraction of sp³-hybridized carbons (Fsp3) is 0.208. The van der Waals surface area contributed by atoms with Gasteiger partial charge in [0, 0.05) is 6.20 Å². The molecular formula is C24H18F2N2O2. The Morgan fingerprint density at radius 2 is 1.60 bits per heavy atom. The number of imide groups is 1. The average Bonchev–Trinajstić information content (AvgIpc) is 2.90. The SMILES string of the molecule is O=C1c2ccccc2C(=O)N1[C@@H]1CC[C@@H](c2cccc(F)c2F)Cc2cccnc21. The topological polar surface area (TPSA) is 50.3 Å². The number of rotatable bonds is 2. The van der Waals surface area contributed by atoms with E-state index in [1.54, 1.807) is 42.6 Å². The van der Waals surface area contributed by atoms with Gasteiger partial charge >= 0.3 is 0 Å². The zero-order chi connectivity index (χ0) is 20.8. The van der Waals surface area contributed by atoms with E-state index in [1.807, 2.05) is 6.07 Å². The lowest BCUT2D eigenvalue weighted by Gasteiger charge is -2.26. The molecule has 2 aliphatic rings. The molecule has 2 atom stereocenters. The number of pyridine rings is 1. The van der Waals surface area contributed by atoms with Gasteiger partial charge < -0.3 is 0 Å². The summed E-state index contributed by atoms with van der Waals surface area (Å²) in [6, 6.07) is 14.1. The van der Waals surface area contributed by atoms with Crippen molar-refractivity contribution in [3.63, 3.8) is 0 Å². The lowest BCUT2D eigenvalue weighted by Crippen LogP contribution is -2.34. The second kappa shape index (κ2) is 7.13. The number of hydrogen-bond acceptors (Lipinski definition) is 3. The first-order valence-electron chi connectivity index (χ1n) is 9.91. The lowest BCUT2D eigenvalue weighted by atomic mass is 9.90. The van der Waals surface area contributed by atoms with Crippen molar-refractivity contribution in [2.75, 3.05) is 0 Å². The van der Waals surface area contributed by atoms with E-state index in [4.69, 9.17) is 0 Å². The van der Waals surface area contributed by atoms with Gasteiger partial charge in [0.2, 0.25) is 0 Å². The van der Waals surface area contributed by atoms with Gasteiger partial charge in [0.25, 0.3) is 11.8 Å². The molecular weight excluding hydrogens is 386 g/mol. The third-order valence-electron chi connectivity index (χ3n) is 6.06. The molecule has 150 valence electrons. The number of fused-ring (bicyclic) bond motifs is 2. The molecule has 2 heterocycles. The quantitative estimate of drug-likeness (QED) is 0.455. The molecule has 2 amide bonds. The molecule has 1 aromatic heterocycles. The van der Waals surface area contributed by atoms with Crippen molar-refractivity contribution in [1.82, 2.24) is 9.88 Å². The predicted molar refractivity (Wildman–Crippen MR) is 106 cm³/mol. The Morgan fingerprint density at radius 1 is 0.867 bits per heavy atom. The fourth-order valence-corrected chi connectivity index (χ4v) is 4.63. The van der Waals surface area contributed by atoms with E-state index in [-0.39, 0.29) is 17.7 Å². The van der Waals surface area contributed by atoms with Gasteiger partial charge in [-0.1, -0.05) is 30.3 Å². The maximum absolute atomic E-state index is 14.5. The van der Waals surface area contributed by atoms with Crippen molar-refractivity contribution in [3.8, 4) is 0 Å². The summed E-state index contributed by atoms with van der Waals surface area (Å²) in [5.41, 5.74) is 2.57. The second-order valence-electron chi connectivity index (χ2n) is 7.71. The van der Waals surface area contributed by atoms with Crippen LogP contribution in [0.25, 0.3) is 0 Å². The fourth-order valence-electron chi connectivity index (χ4n) is 4.63. The van der Waals surface area contributed by atoms with Crippen LogP contribution in [-0.4, -0.2) is 21.7 Å². The van der Waals surface area contributed by atoms with Gasteiger partial charge in [0.15, 0.2) is 11.6 Å².